The van der Waals surface area contributed by atoms with E-state index in [4.69, 9.17) is 5.11 Å². The zero-order valence-electron chi connectivity index (χ0n) is 10.3. The summed E-state index contributed by atoms with van der Waals surface area (Å²) in [4.78, 5) is 15.8. The number of hydrogen-bond acceptors (Lipinski definition) is 3. The first-order valence-corrected chi connectivity index (χ1v) is 6.49. The third kappa shape index (κ3) is 1.21. The summed E-state index contributed by atoms with van der Waals surface area (Å²) in [6.45, 7) is 1.08. The number of rotatable bonds is 2. The van der Waals surface area contributed by atoms with Gasteiger partial charge < -0.3 is 10.0 Å². The summed E-state index contributed by atoms with van der Waals surface area (Å²) in [5.41, 5.74) is 1.54. The topological polar surface area (TPSA) is 43.8 Å². The largest absolute Gasteiger partial charge is 0.478 e. The van der Waals surface area contributed by atoms with Crippen LogP contribution in [-0.2, 0) is 0 Å². The van der Waals surface area contributed by atoms with Crippen molar-refractivity contribution in [2.45, 2.75) is 24.5 Å². The number of fused-ring (bicyclic) bond motifs is 1. The minimum atomic E-state index is -0.855. The molecule has 1 N–H and O–H groups in total. The van der Waals surface area contributed by atoms with Crippen molar-refractivity contribution in [2.75, 3.05) is 18.5 Å². The van der Waals surface area contributed by atoms with Crippen LogP contribution in [0, 0.1) is 5.92 Å². The lowest BCUT2D eigenvalue weighted by molar-refractivity contribution is 0.0697. The SMILES string of the molecule is CN1C2CC3C(C31)N(c1ccc(C(=O)O)cc1)C2. The molecule has 4 heteroatoms. The molecule has 4 atom stereocenters. The van der Waals surface area contributed by atoms with E-state index < -0.39 is 5.97 Å². The molecule has 4 aliphatic rings. The molecule has 0 spiro atoms. The number of likely N-dealkylation sites (N-methyl/N-ethyl adjacent to an activating group) is 1. The molecule has 5 rings (SSSR count). The standard InChI is InChI=1S/C14H16N2O2/c1-15-10-6-11-12(15)13(11)16(7-10)9-4-2-8(3-5-9)14(17)18/h2-5,10-13H,6-7H2,1H3,(H,17,18). The van der Waals surface area contributed by atoms with Gasteiger partial charge >= 0.3 is 5.97 Å². The number of anilines is 1. The molecular formula is C14H16N2O2. The molecule has 1 aliphatic carbocycles. The number of aromatic carboxylic acids is 1. The quantitative estimate of drug-likeness (QED) is 0.851. The van der Waals surface area contributed by atoms with Gasteiger partial charge in [0, 0.05) is 30.4 Å². The van der Waals surface area contributed by atoms with Gasteiger partial charge in [0.15, 0.2) is 0 Å². The summed E-state index contributed by atoms with van der Waals surface area (Å²) in [6, 6.07) is 9.40. The van der Waals surface area contributed by atoms with Gasteiger partial charge in [-0.2, -0.15) is 0 Å². The molecule has 4 fully saturated rings. The van der Waals surface area contributed by atoms with E-state index in [1.807, 2.05) is 12.1 Å². The number of piperidine rings is 2. The second kappa shape index (κ2) is 3.26. The lowest BCUT2D eigenvalue weighted by Crippen LogP contribution is -2.51. The van der Waals surface area contributed by atoms with Crippen LogP contribution in [0.15, 0.2) is 24.3 Å². The van der Waals surface area contributed by atoms with E-state index in [9.17, 15) is 4.79 Å². The zero-order valence-corrected chi connectivity index (χ0v) is 10.3. The van der Waals surface area contributed by atoms with Crippen LogP contribution in [-0.4, -0.2) is 47.7 Å². The first kappa shape index (κ1) is 10.4. The van der Waals surface area contributed by atoms with E-state index >= 15 is 0 Å². The fraction of sp³-hybridized carbons (Fsp3) is 0.500. The number of piperazine rings is 1. The molecular weight excluding hydrogens is 228 g/mol. The van der Waals surface area contributed by atoms with Gasteiger partial charge in [0.05, 0.1) is 5.56 Å². The lowest BCUT2D eigenvalue weighted by atomic mass is 10.0. The van der Waals surface area contributed by atoms with E-state index in [0.29, 0.717) is 17.6 Å². The average molecular weight is 244 g/mol. The van der Waals surface area contributed by atoms with Crippen LogP contribution in [0.4, 0.5) is 5.69 Å². The predicted molar refractivity (Wildman–Crippen MR) is 68.0 cm³/mol. The molecule has 3 saturated heterocycles. The molecule has 4 nitrogen and oxygen atoms in total. The third-order valence-corrected chi connectivity index (χ3v) is 4.89. The Kier molecular flexibility index (Phi) is 1.88. The number of carbonyl (C=O) groups is 1. The highest BCUT2D eigenvalue weighted by Gasteiger charge is 2.65. The van der Waals surface area contributed by atoms with Gasteiger partial charge in [0.1, 0.15) is 0 Å². The highest BCUT2D eigenvalue weighted by molar-refractivity contribution is 5.88. The van der Waals surface area contributed by atoms with E-state index in [0.717, 1.165) is 18.5 Å². The van der Waals surface area contributed by atoms with Crippen molar-refractivity contribution < 1.29 is 9.90 Å². The molecule has 0 amide bonds. The summed E-state index contributed by atoms with van der Waals surface area (Å²) in [7, 11) is 2.24. The summed E-state index contributed by atoms with van der Waals surface area (Å²) in [6.07, 6.45) is 1.34. The van der Waals surface area contributed by atoms with Crippen LogP contribution in [0.5, 0.6) is 0 Å². The maximum absolute atomic E-state index is 10.8. The van der Waals surface area contributed by atoms with Gasteiger partial charge in [-0.1, -0.05) is 0 Å². The molecule has 1 aromatic rings. The fourth-order valence-electron chi connectivity index (χ4n) is 3.92. The number of carboxylic acid groups (broad SMARTS) is 1. The molecule has 0 aromatic heterocycles. The van der Waals surface area contributed by atoms with Gasteiger partial charge in [0.2, 0.25) is 0 Å². The molecule has 3 heterocycles. The summed E-state index contributed by atoms with van der Waals surface area (Å²) < 4.78 is 0. The van der Waals surface area contributed by atoms with Crippen molar-refractivity contribution in [1.82, 2.24) is 4.90 Å². The number of nitrogens with zero attached hydrogens (tertiary/aromatic N) is 2. The number of hydrogen-bond donors (Lipinski definition) is 1. The van der Waals surface area contributed by atoms with E-state index in [1.165, 1.54) is 12.1 Å². The first-order valence-electron chi connectivity index (χ1n) is 6.49. The molecule has 94 valence electrons. The minimum Gasteiger partial charge on any atom is -0.478 e. The Bertz CT molecular complexity index is 511. The Morgan fingerprint density at radius 1 is 1.28 bits per heavy atom. The molecule has 4 bridgehead atoms. The molecule has 3 aliphatic heterocycles. The average Bonchev–Trinajstić information content (AvgIpc) is 3.04. The normalized spacial score (nSPS) is 36.8. The number of carboxylic acids is 1. The summed E-state index contributed by atoms with van der Waals surface area (Å²) >= 11 is 0. The Labute approximate surface area is 106 Å². The monoisotopic (exact) mass is 244 g/mol. The van der Waals surface area contributed by atoms with Gasteiger partial charge in [-0.3, -0.25) is 4.90 Å². The predicted octanol–water partition coefficient (Wildman–Crippen LogP) is 1.28. The Morgan fingerprint density at radius 3 is 2.50 bits per heavy atom. The number of benzene rings is 1. The van der Waals surface area contributed by atoms with Crippen LogP contribution >= 0.6 is 0 Å². The van der Waals surface area contributed by atoms with E-state index in [2.05, 4.69) is 16.8 Å². The molecule has 1 aromatic carbocycles. The summed E-state index contributed by atoms with van der Waals surface area (Å²) in [5, 5.41) is 8.91. The van der Waals surface area contributed by atoms with Crippen LogP contribution in [0.2, 0.25) is 0 Å². The van der Waals surface area contributed by atoms with Gasteiger partial charge in [-0.05, 0) is 43.7 Å². The van der Waals surface area contributed by atoms with Crippen molar-refractivity contribution >= 4 is 11.7 Å². The minimum absolute atomic E-state index is 0.366. The third-order valence-electron chi connectivity index (χ3n) is 4.89. The fourth-order valence-corrected chi connectivity index (χ4v) is 3.92. The Morgan fingerprint density at radius 2 is 2.00 bits per heavy atom. The van der Waals surface area contributed by atoms with Crippen molar-refractivity contribution in [3.8, 4) is 0 Å². The maximum Gasteiger partial charge on any atom is 0.335 e. The molecule has 18 heavy (non-hydrogen) atoms. The zero-order chi connectivity index (χ0) is 12.4. The second-order valence-electron chi connectivity index (χ2n) is 5.70. The second-order valence-corrected chi connectivity index (χ2v) is 5.70. The smallest absolute Gasteiger partial charge is 0.335 e. The maximum atomic E-state index is 10.8. The van der Waals surface area contributed by atoms with Crippen LogP contribution < -0.4 is 4.90 Å². The Balaban J connectivity index is 1.60. The van der Waals surface area contributed by atoms with Gasteiger partial charge in [-0.15, -0.1) is 0 Å². The van der Waals surface area contributed by atoms with E-state index in [-0.39, 0.29) is 0 Å². The van der Waals surface area contributed by atoms with Crippen molar-refractivity contribution in [1.29, 1.82) is 0 Å². The lowest BCUT2D eigenvalue weighted by Gasteiger charge is -2.40. The first-order chi connectivity index (χ1) is 8.66. The highest BCUT2D eigenvalue weighted by Crippen LogP contribution is 2.55. The van der Waals surface area contributed by atoms with Crippen LogP contribution in [0.25, 0.3) is 0 Å². The van der Waals surface area contributed by atoms with Crippen molar-refractivity contribution in [3.63, 3.8) is 0 Å². The Hall–Kier alpha value is -1.55. The van der Waals surface area contributed by atoms with Crippen LogP contribution in [0.1, 0.15) is 16.8 Å². The summed E-state index contributed by atoms with van der Waals surface area (Å²) in [5.74, 6) is -0.0139. The molecule has 0 radical (unpaired) electrons. The highest BCUT2D eigenvalue weighted by atomic mass is 16.4. The molecule has 1 saturated carbocycles. The van der Waals surface area contributed by atoms with E-state index in [1.54, 1.807) is 12.1 Å². The van der Waals surface area contributed by atoms with Gasteiger partial charge in [0.25, 0.3) is 0 Å². The van der Waals surface area contributed by atoms with Crippen molar-refractivity contribution in [2.24, 2.45) is 5.92 Å². The van der Waals surface area contributed by atoms with Gasteiger partial charge in [-0.25, -0.2) is 4.79 Å². The van der Waals surface area contributed by atoms with Crippen LogP contribution in [0.3, 0.4) is 0 Å². The van der Waals surface area contributed by atoms with Crippen molar-refractivity contribution in [3.05, 3.63) is 29.8 Å². The molecule has 4 unspecified atom stereocenters.